The summed E-state index contributed by atoms with van der Waals surface area (Å²) in [7, 11) is 0. The second-order valence-electron chi connectivity index (χ2n) is 8.16. The molecule has 2 nitrogen and oxygen atoms in total. The number of hydrogen-bond acceptors (Lipinski definition) is 2. The molecular formula is C27H23NO. The zero-order valence-electron chi connectivity index (χ0n) is 16.9. The molecule has 0 radical (unpaired) electrons. The number of para-hydroxylation sites is 1. The van der Waals surface area contributed by atoms with E-state index < -0.39 is 0 Å². The maximum Gasteiger partial charge on any atom is 0.123 e. The first kappa shape index (κ1) is 18.8. The molecule has 1 heterocycles. The molecule has 0 spiro atoms. The van der Waals surface area contributed by atoms with E-state index in [9.17, 15) is 5.11 Å². The van der Waals surface area contributed by atoms with E-state index in [0.29, 0.717) is 0 Å². The lowest BCUT2D eigenvalue weighted by molar-refractivity contribution is 0.477. The van der Waals surface area contributed by atoms with Gasteiger partial charge in [-0.1, -0.05) is 81.1 Å². The van der Waals surface area contributed by atoms with Gasteiger partial charge in [0.05, 0.1) is 5.52 Å². The number of benzene rings is 3. The van der Waals surface area contributed by atoms with Crippen molar-refractivity contribution in [3.05, 3.63) is 95.7 Å². The predicted molar refractivity (Wildman–Crippen MR) is 120 cm³/mol. The molecular weight excluding hydrogens is 354 g/mol. The second kappa shape index (κ2) is 7.45. The van der Waals surface area contributed by atoms with E-state index in [1.54, 1.807) is 6.07 Å². The van der Waals surface area contributed by atoms with Gasteiger partial charge in [-0.15, -0.1) is 0 Å². The first-order valence-corrected chi connectivity index (χ1v) is 9.72. The van der Waals surface area contributed by atoms with E-state index in [1.807, 2.05) is 54.7 Å². The SMILES string of the molecule is CC(C)(C)c1ccc2c(C#Cc3ccccc3)c(-c3ccccc3O)cnc2c1. The zero-order valence-corrected chi connectivity index (χ0v) is 16.9. The highest BCUT2D eigenvalue weighted by atomic mass is 16.3. The lowest BCUT2D eigenvalue weighted by Crippen LogP contribution is -2.10. The van der Waals surface area contributed by atoms with Gasteiger partial charge in [0, 0.05) is 33.8 Å². The number of aromatic nitrogens is 1. The minimum absolute atomic E-state index is 0.0438. The number of aromatic hydroxyl groups is 1. The average Bonchev–Trinajstić information content (AvgIpc) is 2.72. The first-order chi connectivity index (χ1) is 13.9. The van der Waals surface area contributed by atoms with Crippen LogP contribution in [0.25, 0.3) is 22.0 Å². The third-order valence-corrected chi connectivity index (χ3v) is 5.04. The Morgan fingerprint density at radius 3 is 2.24 bits per heavy atom. The fourth-order valence-corrected chi connectivity index (χ4v) is 3.36. The molecule has 0 unspecified atom stereocenters. The van der Waals surface area contributed by atoms with E-state index in [0.717, 1.165) is 33.2 Å². The number of pyridine rings is 1. The van der Waals surface area contributed by atoms with Crippen molar-refractivity contribution in [3.8, 4) is 28.7 Å². The van der Waals surface area contributed by atoms with Crippen LogP contribution in [0.3, 0.4) is 0 Å². The number of rotatable bonds is 1. The Kier molecular flexibility index (Phi) is 4.82. The summed E-state index contributed by atoms with van der Waals surface area (Å²) >= 11 is 0. The molecule has 0 aliphatic rings. The zero-order chi connectivity index (χ0) is 20.4. The van der Waals surface area contributed by atoms with Crippen LogP contribution in [0.4, 0.5) is 0 Å². The fraction of sp³-hybridized carbons (Fsp3) is 0.148. The van der Waals surface area contributed by atoms with Gasteiger partial charge < -0.3 is 5.11 Å². The standard InChI is InChI=1S/C27H23NO/c1-27(2,3)20-14-16-22-21(15-13-19-9-5-4-6-10-19)24(18-28-25(22)17-20)23-11-7-8-12-26(23)29/h4-12,14,16-18,29H,1-3H3. The minimum atomic E-state index is 0.0438. The van der Waals surface area contributed by atoms with Crippen LogP contribution >= 0.6 is 0 Å². The third-order valence-electron chi connectivity index (χ3n) is 5.04. The van der Waals surface area contributed by atoms with Crippen LogP contribution < -0.4 is 0 Å². The van der Waals surface area contributed by atoms with E-state index in [1.165, 1.54) is 5.56 Å². The average molecular weight is 377 g/mol. The summed E-state index contributed by atoms with van der Waals surface area (Å²) in [5, 5.41) is 11.4. The van der Waals surface area contributed by atoms with Gasteiger partial charge in [0.2, 0.25) is 0 Å². The summed E-state index contributed by atoms with van der Waals surface area (Å²) in [6.45, 7) is 6.59. The predicted octanol–water partition coefficient (Wildman–Crippen LogP) is 6.30. The van der Waals surface area contributed by atoms with Crippen LogP contribution in [0.1, 0.15) is 37.5 Å². The number of fused-ring (bicyclic) bond motifs is 1. The van der Waals surface area contributed by atoms with Gasteiger partial charge in [0.1, 0.15) is 5.75 Å². The summed E-state index contributed by atoms with van der Waals surface area (Å²) in [5.41, 5.74) is 5.58. The largest absolute Gasteiger partial charge is 0.507 e. The van der Waals surface area contributed by atoms with E-state index >= 15 is 0 Å². The molecule has 142 valence electrons. The lowest BCUT2D eigenvalue weighted by Gasteiger charge is -2.20. The van der Waals surface area contributed by atoms with Crippen LogP contribution in [0, 0.1) is 11.8 Å². The Morgan fingerprint density at radius 1 is 0.793 bits per heavy atom. The number of phenolic OH excluding ortho intramolecular Hbond substituents is 1. The molecule has 0 bridgehead atoms. The highest BCUT2D eigenvalue weighted by Gasteiger charge is 2.17. The summed E-state index contributed by atoms with van der Waals surface area (Å²) in [4.78, 5) is 4.71. The van der Waals surface area contributed by atoms with E-state index in [4.69, 9.17) is 4.98 Å². The molecule has 0 saturated heterocycles. The second-order valence-corrected chi connectivity index (χ2v) is 8.16. The molecule has 0 fully saturated rings. The quantitative estimate of drug-likeness (QED) is 0.395. The molecule has 2 heteroatoms. The molecule has 29 heavy (non-hydrogen) atoms. The number of nitrogens with zero attached hydrogens (tertiary/aromatic N) is 1. The Morgan fingerprint density at radius 2 is 1.52 bits per heavy atom. The van der Waals surface area contributed by atoms with Crippen molar-refractivity contribution in [3.63, 3.8) is 0 Å². The highest BCUT2D eigenvalue weighted by molar-refractivity contribution is 5.93. The molecule has 0 aliphatic heterocycles. The van der Waals surface area contributed by atoms with E-state index in [-0.39, 0.29) is 11.2 Å². The van der Waals surface area contributed by atoms with Crippen molar-refractivity contribution in [1.82, 2.24) is 4.98 Å². The van der Waals surface area contributed by atoms with Gasteiger partial charge in [-0.2, -0.15) is 0 Å². The van der Waals surface area contributed by atoms with Crippen LogP contribution in [0.15, 0.2) is 79.0 Å². The molecule has 4 aromatic rings. The molecule has 3 aromatic carbocycles. The molecule has 1 aromatic heterocycles. The number of phenols is 1. The third kappa shape index (κ3) is 3.86. The Bertz CT molecular complexity index is 1240. The lowest BCUT2D eigenvalue weighted by atomic mass is 9.86. The van der Waals surface area contributed by atoms with Crippen molar-refractivity contribution < 1.29 is 5.11 Å². The Labute approximate surface area is 171 Å². The maximum atomic E-state index is 10.4. The van der Waals surface area contributed by atoms with Crippen molar-refractivity contribution in [2.45, 2.75) is 26.2 Å². The molecule has 0 saturated carbocycles. The van der Waals surface area contributed by atoms with Gasteiger partial charge in [-0.3, -0.25) is 4.98 Å². The van der Waals surface area contributed by atoms with Crippen LogP contribution in [-0.4, -0.2) is 10.1 Å². The smallest absolute Gasteiger partial charge is 0.123 e. The first-order valence-electron chi connectivity index (χ1n) is 9.72. The van der Waals surface area contributed by atoms with Crippen LogP contribution in [0.5, 0.6) is 5.75 Å². The summed E-state index contributed by atoms with van der Waals surface area (Å²) in [5.74, 6) is 6.85. The van der Waals surface area contributed by atoms with Gasteiger partial charge in [-0.05, 0) is 35.2 Å². The van der Waals surface area contributed by atoms with E-state index in [2.05, 4.69) is 50.8 Å². The summed E-state index contributed by atoms with van der Waals surface area (Å²) in [6, 6.07) is 23.6. The Balaban J connectivity index is 1.98. The van der Waals surface area contributed by atoms with Crippen molar-refractivity contribution in [2.75, 3.05) is 0 Å². The maximum absolute atomic E-state index is 10.4. The minimum Gasteiger partial charge on any atom is -0.507 e. The molecule has 1 N–H and O–H groups in total. The fourth-order valence-electron chi connectivity index (χ4n) is 3.36. The van der Waals surface area contributed by atoms with Crippen molar-refractivity contribution >= 4 is 10.9 Å². The topological polar surface area (TPSA) is 33.1 Å². The monoisotopic (exact) mass is 377 g/mol. The van der Waals surface area contributed by atoms with Crippen molar-refractivity contribution in [1.29, 1.82) is 0 Å². The summed E-state index contributed by atoms with van der Waals surface area (Å²) in [6.07, 6.45) is 1.82. The van der Waals surface area contributed by atoms with Crippen LogP contribution in [0.2, 0.25) is 0 Å². The molecule has 0 atom stereocenters. The van der Waals surface area contributed by atoms with Crippen LogP contribution in [-0.2, 0) is 5.41 Å². The van der Waals surface area contributed by atoms with Gasteiger partial charge in [-0.25, -0.2) is 0 Å². The van der Waals surface area contributed by atoms with Gasteiger partial charge in [0.15, 0.2) is 0 Å². The molecule has 0 amide bonds. The molecule has 4 rings (SSSR count). The van der Waals surface area contributed by atoms with Crippen molar-refractivity contribution in [2.24, 2.45) is 0 Å². The van der Waals surface area contributed by atoms with Gasteiger partial charge in [0.25, 0.3) is 0 Å². The summed E-state index contributed by atoms with van der Waals surface area (Å²) < 4.78 is 0. The Hall–Kier alpha value is -3.57. The number of hydrogen-bond donors (Lipinski definition) is 1. The normalized spacial score (nSPS) is 11.1. The molecule has 0 aliphatic carbocycles. The van der Waals surface area contributed by atoms with Gasteiger partial charge >= 0.3 is 0 Å². The highest BCUT2D eigenvalue weighted by Crippen LogP contribution is 2.35.